The fraction of sp³-hybridized carbons (Fsp3) is 0.417. The minimum Gasteiger partial charge on any atom is -0.469 e. The van der Waals surface area contributed by atoms with Crippen LogP contribution in [0.3, 0.4) is 0 Å². The van der Waals surface area contributed by atoms with Crippen LogP contribution >= 0.6 is 11.6 Å². The Morgan fingerprint density at radius 2 is 2.07 bits per heavy atom. The SMILES string of the molecule is COC(=O)CCc1cccc(CCl)c1C. The highest BCUT2D eigenvalue weighted by Gasteiger charge is 2.06. The lowest BCUT2D eigenvalue weighted by molar-refractivity contribution is -0.140. The van der Waals surface area contributed by atoms with Gasteiger partial charge in [0.2, 0.25) is 0 Å². The van der Waals surface area contributed by atoms with Gasteiger partial charge in [0.15, 0.2) is 0 Å². The molecule has 0 amide bonds. The Labute approximate surface area is 95.2 Å². The average molecular weight is 227 g/mol. The van der Waals surface area contributed by atoms with Crippen molar-refractivity contribution in [3.05, 3.63) is 34.9 Å². The summed E-state index contributed by atoms with van der Waals surface area (Å²) in [5.41, 5.74) is 3.47. The molecular formula is C12H15ClO2. The van der Waals surface area contributed by atoms with Crippen molar-refractivity contribution in [3.8, 4) is 0 Å². The standard InChI is InChI=1S/C12H15ClO2/c1-9-10(6-7-12(14)15-2)4-3-5-11(9)8-13/h3-5H,6-8H2,1-2H3. The van der Waals surface area contributed by atoms with Gasteiger partial charge in [-0.1, -0.05) is 18.2 Å². The van der Waals surface area contributed by atoms with E-state index in [9.17, 15) is 4.79 Å². The molecule has 0 aromatic heterocycles. The number of hydrogen-bond donors (Lipinski definition) is 0. The van der Waals surface area contributed by atoms with Gasteiger partial charge in [0.25, 0.3) is 0 Å². The van der Waals surface area contributed by atoms with Gasteiger partial charge in [-0.3, -0.25) is 4.79 Å². The molecule has 0 spiro atoms. The molecule has 0 aliphatic rings. The molecule has 15 heavy (non-hydrogen) atoms. The summed E-state index contributed by atoms with van der Waals surface area (Å²) in [4.78, 5) is 11.0. The molecule has 0 unspecified atom stereocenters. The Morgan fingerprint density at radius 3 is 2.67 bits per heavy atom. The predicted molar refractivity (Wildman–Crippen MR) is 61.1 cm³/mol. The largest absolute Gasteiger partial charge is 0.469 e. The van der Waals surface area contributed by atoms with Crippen LogP contribution < -0.4 is 0 Å². The summed E-state index contributed by atoms with van der Waals surface area (Å²) in [5, 5.41) is 0. The minimum absolute atomic E-state index is 0.175. The van der Waals surface area contributed by atoms with Gasteiger partial charge in [-0.25, -0.2) is 0 Å². The highest BCUT2D eigenvalue weighted by molar-refractivity contribution is 6.17. The lowest BCUT2D eigenvalue weighted by Crippen LogP contribution is -2.03. The Hall–Kier alpha value is -1.02. The third-order valence-corrected chi connectivity index (χ3v) is 2.82. The van der Waals surface area contributed by atoms with Crippen LogP contribution in [0.1, 0.15) is 23.1 Å². The molecule has 0 radical (unpaired) electrons. The number of benzene rings is 1. The molecule has 0 atom stereocenters. The minimum atomic E-state index is -0.175. The van der Waals surface area contributed by atoms with Gasteiger partial charge in [-0.15, -0.1) is 11.6 Å². The Balaban J connectivity index is 2.73. The van der Waals surface area contributed by atoms with Crippen LogP contribution in [0.25, 0.3) is 0 Å². The predicted octanol–water partition coefficient (Wildman–Crippen LogP) is 2.84. The lowest BCUT2D eigenvalue weighted by Gasteiger charge is -2.08. The van der Waals surface area contributed by atoms with Crippen molar-refractivity contribution in [1.82, 2.24) is 0 Å². The van der Waals surface area contributed by atoms with Gasteiger partial charge in [0.05, 0.1) is 7.11 Å². The summed E-state index contributed by atoms with van der Waals surface area (Å²) < 4.78 is 4.60. The summed E-state index contributed by atoms with van der Waals surface area (Å²) in [6.07, 6.45) is 1.13. The van der Waals surface area contributed by atoms with E-state index in [-0.39, 0.29) is 5.97 Å². The van der Waals surface area contributed by atoms with E-state index in [4.69, 9.17) is 11.6 Å². The van der Waals surface area contributed by atoms with Gasteiger partial charge < -0.3 is 4.74 Å². The molecule has 0 bridgehead atoms. The van der Waals surface area contributed by atoms with Crippen molar-refractivity contribution in [2.45, 2.75) is 25.6 Å². The number of alkyl halides is 1. The molecular weight excluding hydrogens is 212 g/mol. The van der Waals surface area contributed by atoms with Crippen LogP contribution in [0, 0.1) is 6.92 Å². The highest BCUT2D eigenvalue weighted by Crippen LogP contribution is 2.17. The number of esters is 1. The molecule has 0 heterocycles. The molecule has 0 N–H and O–H groups in total. The van der Waals surface area contributed by atoms with Crippen LogP contribution in [0.2, 0.25) is 0 Å². The number of rotatable bonds is 4. The zero-order chi connectivity index (χ0) is 11.3. The van der Waals surface area contributed by atoms with Gasteiger partial charge in [0.1, 0.15) is 0 Å². The van der Waals surface area contributed by atoms with Crippen molar-refractivity contribution >= 4 is 17.6 Å². The van der Waals surface area contributed by atoms with Crippen molar-refractivity contribution in [1.29, 1.82) is 0 Å². The molecule has 1 aromatic rings. The molecule has 0 aliphatic carbocycles. The first-order chi connectivity index (χ1) is 7.19. The topological polar surface area (TPSA) is 26.3 Å². The number of carbonyl (C=O) groups excluding carboxylic acids is 1. The van der Waals surface area contributed by atoms with E-state index >= 15 is 0 Å². The summed E-state index contributed by atoms with van der Waals surface area (Å²) in [7, 11) is 1.41. The van der Waals surface area contributed by atoms with E-state index in [2.05, 4.69) is 4.74 Å². The lowest BCUT2D eigenvalue weighted by atomic mass is 10.00. The van der Waals surface area contributed by atoms with E-state index in [1.807, 2.05) is 25.1 Å². The van der Waals surface area contributed by atoms with Gasteiger partial charge in [0, 0.05) is 12.3 Å². The molecule has 82 valence electrons. The summed E-state index contributed by atoms with van der Waals surface area (Å²) >= 11 is 5.80. The molecule has 0 fully saturated rings. The zero-order valence-electron chi connectivity index (χ0n) is 9.05. The first-order valence-electron chi connectivity index (χ1n) is 4.89. The van der Waals surface area contributed by atoms with Crippen molar-refractivity contribution < 1.29 is 9.53 Å². The van der Waals surface area contributed by atoms with Crippen LogP contribution in [-0.4, -0.2) is 13.1 Å². The van der Waals surface area contributed by atoms with E-state index < -0.39 is 0 Å². The number of methoxy groups -OCH3 is 1. The zero-order valence-corrected chi connectivity index (χ0v) is 9.80. The number of aryl methyl sites for hydroxylation is 1. The smallest absolute Gasteiger partial charge is 0.305 e. The molecule has 0 aliphatic heterocycles. The van der Waals surface area contributed by atoms with E-state index in [0.29, 0.717) is 18.7 Å². The molecule has 1 aromatic carbocycles. The fourth-order valence-corrected chi connectivity index (χ4v) is 1.78. The molecule has 3 heteroatoms. The van der Waals surface area contributed by atoms with E-state index in [0.717, 1.165) is 5.56 Å². The second-order valence-corrected chi connectivity index (χ2v) is 3.68. The second-order valence-electron chi connectivity index (χ2n) is 3.41. The van der Waals surface area contributed by atoms with Crippen molar-refractivity contribution in [2.75, 3.05) is 7.11 Å². The van der Waals surface area contributed by atoms with Crippen molar-refractivity contribution in [3.63, 3.8) is 0 Å². The molecule has 0 saturated heterocycles. The number of carbonyl (C=O) groups is 1. The molecule has 1 rings (SSSR count). The van der Waals surface area contributed by atoms with Crippen LogP contribution in [0.5, 0.6) is 0 Å². The van der Waals surface area contributed by atoms with Crippen molar-refractivity contribution in [2.24, 2.45) is 0 Å². The normalized spacial score (nSPS) is 10.1. The quantitative estimate of drug-likeness (QED) is 0.583. The van der Waals surface area contributed by atoms with Crippen LogP contribution in [-0.2, 0) is 21.8 Å². The first-order valence-corrected chi connectivity index (χ1v) is 5.42. The van der Waals surface area contributed by atoms with Gasteiger partial charge >= 0.3 is 5.97 Å². The molecule has 2 nitrogen and oxygen atoms in total. The van der Waals surface area contributed by atoms with Crippen LogP contribution in [0.15, 0.2) is 18.2 Å². The maximum atomic E-state index is 11.0. The third-order valence-electron chi connectivity index (χ3n) is 2.53. The van der Waals surface area contributed by atoms with E-state index in [1.54, 1.807) is 0 Å². The number of ether oxygens (including phenoxy) is 1. The summed E-state index contributed by atoms with van der Waals surface area (Å²) in [5.74, 6) is 0.337. The Kier molecular flexibility index (Phi) is 4.63. The average Bonchev–Trinajstić information content (AvgIpc) is 2.27. The highest BCUT2D eigenvalue weighted by atomic mass is 35.5. The second kappa shape index (κ2) is 5.76. The number of halogens is 1. The first kappa shape index (κ1) is 12.1. The molecule has 0 saturated carbocycles. The maximum Gasteiger partial charge on any atom is 0.305 e. The van der Waals surface area contributed by atoms with Gasteiger partial charge in [-0.05, 0) is 30.0 Å². The number of hydrogen-bond acceptors (Lipinski definition) is 2. The Morgan fingerprint density at radius 1 is 1.40 bits per heavy atom. The monoisotopic (exact) mass is 226 g/mol. The van der Waals surface area contributed by atoms with Crippen LogP contribution in [0.4, 0.5) is 0 Å². The maximum absolute atomic E-state index is 11.0. The summed E-state index contributed by atoms with van der Waals surface area (Å²) in [6, 6.07) is 6.00. The van der Waals surface area contributed by atoms with E-state index in [1.165, 1.54) is 18.2 Å². The Bertz CT molecular complexity index is 347. The third kappa shape index (κ3) is 3.24. The fourth-order valence-electron chi connectivity index (χ4n) is 1.49. The van der Waals surface area contributed by atoms with Gasteiger partial charge in [-0.2, -0.15) is 0 Å². The summed E-state index contributed by atoms with van der Waals surface area (Å²) in [6.45, 7) is 2.03.